The van der Waals surface area contributed by atoms with Gasteiger partial charge in [0.2, 0.25) is 5.91 Å². The van der Waals surface area contributed by atoms with Crippen molar-refractivity contribution in [3.63, 3.8) is 0 Å². The van der Waals surface area contributed by atoms with Crippen LogP contribution in [0.15, 0.2) is 47.9 Å². The number of benzene rings is 1. The third kappa shape index (κ3) is 4.80. The number of hydrogen-bond donors (Lipinski definition) is 1. The molecular formula is C20H28N4O3S. The maximum Gasteiger partial charge on any atom is 0.262 e. The largest absolute Gasteiger partial charge is 0.356 e. The highest BCUT2D eigenvalue weighted by Gasteiger charge is 2.33. The maximum absolute atomic E-state index is 12.8. The summed E-state index contributed by atoms with van der Waals surface area (Å²) in [6.45, 7) is 5.22. The predicted molar refractivity (Wildman–Crippen MR) is 107 cm³/mol. The molecule has 1 aromatic heterocycles. The molecule has 1 aliphatic heterocycles. The van der Waals surface area contributed by atoms with Crippen LogP contribution in [0, 0.1) is 5.92 Å². The van der Waals surface area contributed by atoms with Crippen LogP contribution in [0.2, 0.25) is 0 Å². The molecule has 1 N–H and O–H groups in total. The molecule has 1 aliphatic rings. The monoisotopic (exact) mass is 404 g/mol. The number of sulfonamides is 1. The molecule has 2 aromatic rings. The van der Waals surface area contributed by atoms with Gasteiger partial charge in [0.25, 0.3) is 10.0 Å². The molecule has 2 heterocycles. The van der Waals surface area contributed by atoms with Crippen LogP contribution in [0.3, 0.4) is 0 Å². The Balaban J connectivity index is 1.49. The van der Waals surface area contributed by atoms with E-state index < -0.39 is 10.0 Å². The zero-order chi connectivity index (χ0) is 20.1. The van der Waals surface area contributed by atoms with Crippen LogP contribution in [-0.2, 0) is 21.2 Å². The van der Waals surface area contributed by atoms with Crippen molar-refractivity contribution in [2.75, 3.05) is 19.6 Å². The first-order chi connectivity index (χ1) is 13.4. The van der Waals surface area contributed by atoms with Crippen LogP contribution in [0.25, 0.3) is 0 Å². The van der Waals surface area contributed by atoms with Gasteiger partial charge in [-0.3, -0.25) is 4.79 Å². The Kier molecular flexibility index (Phi) is 6.51. The molecule has 0 spiro atoms. The summed E-state index contributed by atoms with van der Waals surface area (Å²) in [5, 5.41) is 3.06. The van der Waals surface area contributed by atoms with Crippen LogP contribution in [0.4, 0.5) is 0 Å². The van der Waals surface area contributed by atoms with E-state index in [0.29, 0.717) is 32.5 Å². The lowest BCUT2D eigenvalue weighted by Crippen LogP contribution is -2.43. The maximum atomic E-state index is 12.8. The third-order valence-electron chi connectivity index (χ3n) is 5.16. The minimum Gasteiger partial charge on any atom is -0.356 e. The number of imidazole rings is 1. The molecule has 7 nitrogen and oxygen atoms in total. The number of rotatable bonds is 7. The van der Waals surface area contributed by atoms with Gasteiger partial charge in [-0.1, -0.05) is 30.3 Å². The van der Waals surface area contributed by atoms with Crippen LogP contribution in [0.5, 0.6) is 0 Å². The molecule has 3 rings (SSSR count). The number of amides is 1. The molecule has 1 saturated heterocycles. The number of piperidine rings is 1. The lowest BCUT2D eigenvalue weighted by molar-refractivity contribution is -0.126. The van der Waals surface area contributed by atoms with E-state index in [2.05, 4.69) is 10.3 Å². The van der Waals surface area contributed by atoms with E-state index in [0.717, 1.165) is 6.42 Å². The number of nitrogens with one attached hydrogen (secondary N) is 1. The molecular weight excluding hydrogens is 376 g/mol. The van der Waals surface area contributed by atoms with Crippen molar-refractivity contribution >= 4 is 15.9 Å². The summed E-state index contributed by atoms with van der Waals surface area (Å²) in [5.41, 5.74) is 1.18. The molecule has 1 aromatic carbocycles. The molecule has 1 fully saturated rings. The molecule has 0 unspecified atom stereocenters. The Hall–Kier alpha value is -2.19. The first kappa shape index (κ1) is 20.5. The van der Waals surface area contributed by atoms with E-state index >= 15 is 0 Å². The lowest BCUT2D eigenvalue weighted by atomic mass is 9.97. The number of aromatic nitrogens is 2. The van der Waals surface area contributed by atoms with Crippen molar-refractivity contribution in [1.82, 2.24) is 19.2 Å². The van der Waals surface area contributed by atoms with Crippen molar-refractivity contribution in [3.8, 4) is 0 Å². The average Bonchev–Trinajstić information content (AvgIpc) is 3.20. The molecule has 0 radical (unpaired) electrons. The fourth-order valence-electron chi connectivity index (χ4n) is 3.34. The second-order valence-corrected chi connectivity index (χ2v) is 9.34. The molecule has 0 atom stereocenters. The van der Waals surface area contributed by atoms with Crippen molar-refractivity contribution in [2.24, 2.45) is 5.92 Å². The van der Waals surface area contributed by atoms with E-state index in [1.54, 1.807) is 17.1 Å². The Morgan fingerprint density at radius 2 is 1.89 bits per heavy atom. The first-order valence-corrected chi connectivity index (χ1v) is 11.2. The molecule has 1 amide bonds. The SMILES string of the molecule is CC(C)n1cnc(S(=O)(=O)N2CCC(C(=O)NCCc3ccccc3)CC2)c1. The van der Waals surface area contributed by atoms with Crippen LogP contribution in [0.1, 0.15) is 38.3 Å². The third-order valence-corrected chi connectivity index (χ3v) is 6.94. The second kappa shape index (κ2) is 8.87. The van der Waals surface area contributed by atoms with Crippen LogP contribution in [-0.4, -0.2) is 47.8 Å². The van der Waals surface area contributed by atoms with Gasteiger partial charge in [0.05, 0.1) is 6.33 Å². The highest BCUT2D eigenvalue weighted by molar-refractivity contribution is 7.89. The average molecular weight is 405 g/mol. The van der Waals surface area contributed by atoms with Gasteiger partial charge in [0, 0.05) is 37.8 Å². The zero-order valence-electron chi connectivity index (χ0n) is 16.4. The predicted octanol–water partition coefficient (Wildman–Crippen LogP) is 2.22. The van der Waals surface area contributed by atoms with Crippen molar-refractivity contribution < 1.29 is 13.2 Å². The summed E-state index contributed by atoms with van der Waals surface area (Å²) >= 11 is 0. The van der Waals surface area contributed by atoms with Gasteiger partial charge in [0.15, 0.2) is 5.03 Å². The standard InChI is InChI=1S/C20H28N4O3S/c1-16(2)23-14-19(22-15-23)28(26,27)24-12-9-18(10-13-24)20(25)21-11-8-17-6-4-3-5-7-17/h3-7,14-16,18H,8-13H2,1-2H3,(H,21,25). The minimum absolute atomic E-state index is 0.0112. The minimum atomic E-state index is -3.61. The quantitative estimate of drug-likeness (QED) is 0.767. The summed E-state index contributed by atoms with van der Waals surface area (Å²) in [6, 6.07) is 10.2. The summed E-state index contributed by atoms with van der Waals surface area (Å²) in [5.74, 6) is -0.132. The first-order valence-electron chi connectivity index (χ1n) is 9.73. The fraction of sp³-hybridized carbons (Fsp3) is 0.500. The summed E-state index contributed by atoms with van der Waals surface area (Å²) in [4.78, 5) is 16.5. The van der Waals surface area contributed by atoms with Crippen LogP contribution >= 0.6 is 0 Å². The van der Waals surface area contributed by atoms with E-state index in [-0.39, 0.29) is 22.9 Å². The van der Waals surface area contributed by atoms with Gasteiger partial charge in [0.1, 0.15) is 0 Å². The summed E-state index contributed by atoms with van der Waals surface area (Å²) in [6.07, 6.45) is 4.97. The lowest BCUT2D eigenvalue weighted by Gasteiger charge is -2.30. The Labute approximate surface area is 166 Å². The molecule has 152 valence electrons. The Bertz CT molecular complexity index is 885. The normalized spacial score (nSPS) is 16.4. The summed E-state index contributed by atoms with van der Waals surface area (Å²) < 4.78 is 28.8. The van der Waals surface area contributed by atoms with Gasteiger partial charge in [-0.25, -0.2) is 13.4 Å². The smallest absolute Gasteiger partial charge is 0.262 e. The second-order valence-electron chi connectivity index (χ2n) is 7.46. The molecule has 0 saturated carbocycles. The van der Waals surface area contributed by atoms with Gasteiger partial charge >= 0.3 is 0 Å². The Morgan fingerprint density at radius 3 is 2.50 bits per heavy atom. The molecule has 8 heteroatoms. The molecule has 28 heavy (non-hydrogen) atoms. The van der Waals surface area contributed by atoms with E-state index in [1.165, 1.54) is 9.87 Å². The highest BCUT2D eigenvalue weighted by Crippen LogP contribution is 2.23. The number of carbonyl (C=O) groups excluding carboxylic acids is 1. The van der Waals surface area contributed by atoms with E-state index in [9.17, 15) is 13.2 Å². The fourth-order valence-corrected chi connectivity index (χ4v) is 4.73. The van der Waals surface area contributed by atoms with Crippen molar-refractivity contribution in [3.05, 3.63) is 48.4 Å². The number of hydrogen-bond acceptors (Lipinski definition) is 4. The summed E-state index contributed by atoms with van der Waals surface area (Å²) in [7, 11) is -3.61. The van der Waals surface area contributed by atoms with E-state index in [1.807, 2.05) is 44.2 Å². The highest BCUT2D eigenvalue weighted by atomic mass is 32.2. The number of carbonyl (C=O) groups is 1. The van der Waals surface area contributed by atoms with E-state index in [4.69, 9.17) is 0 Å². The zero-order valence-corrected chi connectivity index (χ0v) is 17.2. The molecule has 0 bridgehead atoms. The molecule has 0 aliphatic carbocycles. The van der Waals surface area contributed by atoms with Gasteiger partial charge in [-0.05, 0) is 38.7 Å². The number of nitrogens with zero attached hydrogens (tertiary/aromatic N) is 3. The van der Waals surface area contributed by atoms with Crippen LogP contribution < -0.4 is 5.32 Å². The topological polar surface area (TPSA) is 84.3 Å². The van der Waals surface area contributed by atoms with Gasteiger partial charge in [-0.15, -0.1) is 0 Å². The van der Waals surface area contributed by atoms with Gasteiger partial charge in [-0.2, -0.15) is 4.31 Å². The van der Waals surface area contributed by atoms with Gasteiger partial charge < -0.3 is 9.88 Å². The van der Waals surface area contributed by atoms with Crippen molar-refractivity contribution in [1.29, 1.82) is 0 Å². The Morgan fingerprint density at radius 1 is 1.21 bits per heavy atom. The van der Waals surface area contributed by atoms with Crippen molar-refractivity contribution in [2.45, 2.75) is 44.2 Å².